The lowest BCUT2D eigenvalue weighted by Gasteiger charge is -2.23. The molecule has 2 rings (SSSR count). The summed E-state index contributed by atoms with van der Waals surface area (Å²) in [6.45, 7) is 2.99. The van der Waals surface area contributed by atoms with Crippen molar-refractivity contribution in [3.8, 4) is 0 Å². The third kappa shape index (κ3) is 3.23. The Bertz CT molecular complexity index is 382. The summed E-state index contributed by atoms with van der Waals surface area (Å²) in [5, 5.41) is 10.0. The van der Waals surface area contributed by atoms with E-state index in [2.05, 4.69) is 0 Å². The first-order valence-electron chi connectivity index (χ1n) is 5.78. The molecule has 1 amide bonds. The molecule has 17 heavy (non-hydrogen) atoms. The van der Waals surface area contributed by atoms with E-state index in [4.69, 9.17) is 0 Å². The van der Waals surface area contributed by atoms with Crippen molar-refractivity contribution in [2.24, 2.45) is 0 Å². The number of aliphatic hydroxyl groups excluding tert-OH is 1. The van der Waals surface area contributed by atoms with E-state index < -0.39 is 6.10 Å². The number of carbonyl (C=O) groups excluding carboxylic acids is 1. The second-order valence-corrected chi connectivity index (χ2v) is 5.71. The average molecular weight is 251 g/mol. The van der Waals surface area contributed by atoms with Crippen LogP contribution in [0.5, 0.6) is 0 Å². The van der Waals surface area contributed by atoms with E-state index in [0.717, 1.165) is 5.56 Å². The standard InChI is InChI=1S/C13H17NO2S/c1-10-12(15)8-14(13(16)9-17-10)7-11-5-3-2-4-6-11/h2-6,10,12,15H,7-9H2,1H3/t10-,12-/m1/s1. The Labute approximate surface area is 106 Å². The summed E-state index contributed by atoms with van der Waals surface area (Å²) in [6, 6.07) is 9.89. The van der Waals surface area contributed by atoms with E-state index in [0.29, 0.717) is 18.8 Å². The molecule has 1 aromatic rings. The van der Waals surface area contributed by atoms with Crippen LogP contribution in [0.2, 0.25) is 0 Å². The Hall–Kier alpha value is -1.00. The minimum Gasteiger partial charge on any atom is -0.390 e. The van der Waals surface area contributed by atoms with Crippen LogP contribution in [-0.4, -0.2) is 39.6 Å². The second-order valence-electron chi connectivity index (χ2n) is 4.34. The zero-order valence-corrected chi connectivity index (χ0v) is 10.7. The maximum Gasteiger partial charge on any atom is 0.232 e. The zero-order chi connectivity index (χ0) is 12.3. The number of hydrogen-bond acceptors (Lipinski definition) is 3. The van der Waals surface area contributed by atoms with Crippen LogP contribution in [0.1, 0.15) is 12.5 Å². The largest absolute Gasteiger partial charge is 0.390 e. The highest BCUT2D eigenvalue weighted by molar-refractivity contribution is 8.00. The molecule has 1 saturated heterocycles. The molecule has 1 aliphatic rings. The molecule has 0 aromatic heterocycles. The number of aliphatic hydroxyl groups is 1. The van der Waals surface area contributed by atoms with Gasteiger partial charge in [-0.15, -0.1) is 11.8 Å². The first-order valence-corrected chi connectivity index (χ1v) is 6.83. The van der Waals surface area contributed by atoms with E-state index in [-0.39, 0.29) is 11.2 Å². The Balaban J connectivity index is 2.06. The molecule has 0 aliphatic carbocycles. The van der Waals surface area contributed by atoms with Crippen LogP contribution in [0.25, 0.3) is 0 Å². The quantitative estimate of drug-likeness (QED) is 0.866. The van der Waals surface area contributed by atoms with Crippen LogP contribution < -0.4 is 0 Å². The monoisotopic (exact) mass is 251 g/mol. The van der Waals surface area contributed by atoms with E-state index in [1.165, 1.54) is 11.8 Å². The van der Waals surface area contributed by atoms with Gasteiger partial charge in [0.15, 0.2) is 0 Å². The topological polar surface area (TPSA) is 40.5 Å². The fourth-order valence-electron chi connectivity index (χ4n) is 1.84. The van der Waals surface area contributed by atoms with Crippen LogP contribution in [-0.2, 0) is 11.3 Å². The predicted molar refractivity (Wildman–Crippen MR) is 69.8 cm³/mol. The summed E-state index contributed by atoms with van der Waals surface area (Å²) >= 11 is 1.53. The summed E-state index contributed by atoms with van der Waals surface area (Å²) in [5.41, 5.74) is 1.10. The number of carbonyl (C=O) groups is 1. The van der Waals surface area contributed by atoms with Gasteiger partial charge in [0, 0.05) is 18.3 Å². The van der Waals surface area contributed by atoms with E-state index in [9.17, 15) is 9.90 Å². The van der Waals surface area contributed by atoms with Crippen molar-refractivity contribution in [3.63, 3.8) is 0 Å². The average Bonchev–Trinajstić information content (AvgIpc) is 2.45. The molecule has 92 valence electrons. The molecule has 1 fully saturated rings. The molecule has 0 unspecified atom stereocenters. The van der Waals surface area contributed by atoms with Crippen molar-refractivity contribution in [1.82, 2.24) is 4.90 Å². The normalized spacial score (nSPS) is 25.8. The Kier molecular flexibility index (Phi) is 4.07. The molecular formula is C13H17NO2S. The molecule has 1 heterocycles. The summed E-state index contributed by atoms with van der Waals surface area (Å²) < 4.78 is 0. The molecule has 0 saturated carbocycles. The van der Waals surface area contributed by atoms with Crippen LogP contribution in [0.3, 0.4) is 0 Å². The van der Waals surface area contributed by atoms with Crippen molar-refractivity contribution in [2.45, 2.75) is 24.8 Å². The summed E-state index contributed by atoms with van der Waals surface area (Å²) in [6.07, 6.45) is -0.435. The zero-order valence-electron chi connectivity index (χ0n) is 9.87. The molecule has 1 aromatic carbocycles. The van der Waals surface area contributed by atoms with Crippen molar-refractivity contribution >= 4 is 17.7 Å². The van der Waals surface area contributed by atoms with E-state index in [1.807, 2.05) is 37.3 Å². The maximum atomic E-state index is 11.9. The summed E-state index contributed by atoms with van der Waals surface area (Å²) in [4.78, 5) is 13.7. The van der Waals surface area contributed by atoms with Gasteiger partial charge in [0.05, 0.1) is 11.9 Å². The van der Waals surface area contributed by atoms with Gasteiger partial charge in [-0.25, -0.2) is 0 Å². The number of benzene rings is 1. The minimum absolute atomic E-state index is 0.113. The number of amides is 1. The smallest absolute Gasteiger partial charge is 0.232 e. The molecule has 3 nitrogen and oxygen atoms in total. The SMILES string of the molecule is C[C@H]1SCC(=O)N(Cc2ccccc2)C[C@H]1O. The minimum atomic E-state index is -0.435. The summed E-state index contributed by atoms with van der Waals surface area (Å²) in [5.74, 6) is 0.577. The maximum absolute atomic E-state index is 11.9. The molecule has 1 aliphatic heterocycles. The Morgan fingerprint density at radius 2 is 2.12 bits per heavy atom. The van der Waals surface area contributed by atoms with Crippen LogP contribution >= 0.6 is 11.8 Å². The van der Waals surface area contributed by atoms with Gasteiger partial charge in [0.2, 0.25) is 5.91 Å². The molecular weight excluding hydrogens is 234 g/mol. The summed E-state index contributed by atoms with van der Waals surface area (Å²) in [7, 11) is 0. The van der Waals surface area contributed by atoms with Gasteiger partial charge in [-0.1, -0.05) is 37.3 Å². The third-order valence-corrected chi connectivity index (χ3v) is 4.24. The highest BCUT2D eigenvalue weighted by Gasteiger charge is 2.26. The Morgan fingerprint density at radius 3 is 2.82 bits per heavy atom. The predicted octanol–water partition coefficient (Wildman–Crippen LogP) is 1.51. The number of rotatable bonds is 2. The molecule has 0 spiro atoms. The fourth-order valence-corrected chi connectivity index (χ4v) is 2.73. The molecule has 4 heteroatoms. The van der Waals surface area contributed by atoms with Crippen molar-refractivity contribution in [2.75, 3.05) is 12.3 Å². The van der Waals surface area contributed by atoms with Crippen LogP contribution in [0, 0.1) is 0 Å². The van der Waals surface area contributed by atoms with Crippen LogP contribution in [0.15, 0.2) is 30.3 Å². The number of β-amino-alcohol motifs (C(OH)–C–C–N with tert-alkyl or cyclic N) is 1. The number of nitrogens with zero attached hydrogens (tertiary/aromatic N) is 1. The van der Waals surface area contributed by atoms with E-state index in [1.54, 1.807) is 4.90 Å². The number of hydrogen-bond donors (Lipinski definition) is 1. The van der Waals surface area contributed by atoms with Crippen molar-refractivity contribution in [3.05, 3.63) is 35.9 Å². The Morgan fingerprint density at radius 1 is 1.41 bits per heavy atom. The molecule has 2 atom stereocenters. The highest BCUT2D eigenvalue weighted by atomic mass is 32.2. The van der Waals surface area contributed by atoms with Gasteiger partial charge < -0.3 is 10.0 Å². The molecule has 1 N–H and O–H groups in total. The third-order valence-electron chi connectivity index (χ3n) is 2.99. The first kappa shape index (κ1) is 12.5. The lowest BCUT2D eigenvalue weighted by molar-refractivity contribution is -0.130. The number of thioether (sulfide) groups is 1. The van der Waals surface area contributed by atoms with Gasteiger partial charge in [0.1, 0.15) is 0 Å². The van der Waals surface area contributed by atoms with Gasteiger partial charge in [-0.3, -0.25) is 4.79 Å². The second kappa shape index (κ2) is 5.56. The van der Waals surface area contributed by atoms with Gasteiger partial charge >= 0.3 is 0 Å². The van der Waals surface area contributed by atoms with Gasteiger partial charge in [0.25, 0.3) is 0 Å². The van der Waals surface area contributed by atoms with Gasteiger partial charge in [-0.05, 0) is 5.56 Å². The lowest BCUT2D eigenvalue weighted by Crippen LogP contribution is -2.37. The lowest BCUT2D eigenvalue weighted by atomic mass is 10.2. The van der Waals surface area contributed by atoms with Crippen molar-refractivity contribution < 1.29 is 9.90 Å². The fraction of sp³-hybridized carbons (Fsp3) is 0.462. The molecule has 0 radical (unpaired) electrons. The molecule has 0 bridgehead atoms. The van der Waals surface area contributed by atoms with Crippen LogP contribution in [0.4, 0.5) is 0 Å². The highest BCUT2D eigenvalue weighted by Crippen LogP contribution is 2.21. The van der Waals surface area contributed by atoms with E-state index >= 15 is 0 Å². The van der Waals surface area contributed by atoms with Crippen molar-refractivity contribution in [1.29, 1.82) is 0 Å². The first-order chi connectivity index (χ1) is 8.16. The van der Waals surface area contributed by atoms with Gasteiger partial charge in [-0.2, -0.15) is 0 Å².